The van der Waals surface area contributed by atoms with E-state index in [-0.39, 0.29) is 29.3 Å². The average molecular weight is 447 g/mol. The quantitative estimate of drug-likeness (QED) is 0.429. The minimum absolute atomic E-state index is 0.104. The van der Waals surface area contributed by atoms with E-state index < -0.39 is 25.1 Å². The van der Waals surface area contributed by atoms with Gasteiger partial charge in [-0.3, -0.25) is 9.36 Å². The lowest BCUT2D eigenvalue weighted by molar-refractivity contribution is -0.0498. The highest BCUT2D eigenvalue weighted by Gasteiger charge is 2.17. The molecule has 1 atom stereocenters. The van der Waals surface area contributed by atoms with E-state index in [1.807, 2.05) is 0 Å². The summed E-state index contributed by atoms with van der Waals surface area (Å²) in [5, 5.41) is 4.27. The van der Waals surface area contributed by atoms with Gasteiger partial charge in [-0.05, 0) is 36.2 Å². The normalized spacial score (nSPS) is 12.4. The molecule has 1 aromatic carbocycles. The molecule has 32 heavy (non-hydrogen) atoms. The molecule has 0 radical (unpaired) electrons. The third kappa shape index (κ3) is 4.38. The predicted octanol–water partition coefficient (Wildman–Crippen LogP) is 2.61. The van der Waals surface area contributed by atoms with Gasteiger partial charge in [0.05, 0.1) is 11.9 Å². The van der Waals surface area contributed by atoms with Crippen molar-refractivity contribution in [1.82, 2.24) is 24.3 Å². The molecule has 0 saturated carbocycles. The van der Waals surface area contributed by atoms with E-state index in [4.69, 9.17) is 4.42 Å². The summed E-state index contributed by atoms with van der Waals surface area (Å²) in [7, 11) is 0. The number of rotatable bonds is 7. The van der Waals surface area contributed by atoms with Crippen LogP contribution in [0.25, 0.3) is 11.0 Å². The maximum absolute atomic E-state index is 14.6. The third-order valence-electron chi connectivity index (χ3n) is 4.69. The molecule has 0 fully saturated rings. The summed E-state index contributed by atoms with van der Waals surface area (Å²) in [5.41, 5.74) is 0.746. The monoisotopic (exact) mass is 447 g/mol. The lowest BCUT2D eigenvalue weighted by atomic mass is 10.1. The van der Waals surface area contributed by atoms with E-state index in [0.717, 1.165) is 4.68 Å². The summed E-state index contributed by atoms with van der Waals surface area (Å²) in [6, 6.07) is 6.61. The molecule has 12 heteroatoms. The topological polar surface area (TPSA) is 105 Å². The van der Waals surface area contributed by atoms with E-state index in [1.165, 1.54) is 35.2 Å². The zero-order chi connectivity index (χ0) is 22.8. The van der Waals surface area contributed by atoms with Gasteiger partial charge in [0.25, 0.3) is 5.56 Å². The molecular formula is C20H16F3N5O4. The van der Waals surface area contributed by atoms with Crippen LogP contribution in [0, 0.1) is 6.92 Å². The summed E-state index contributed by atoms with van der Waals surface area (Å²) >= 11 is 0. The van der Waals surface area contributed by atoms with Crippen molar-refractivity contribution in [3.63, 3.8) is 0 Å². The van der Waals surface area contributed by atoms with Crippen LogP contribution in [0.4, 0.5) is 13.2 Å². The zero-order valence-electron chi connectivity index (χ0n) is 16.6. The smallest absolute Gasteiger partial charge is 0.435 e. The third-order valence-corrected chi connectivity index (χ3v) is 4.69. The molecule has 0 N–H and O–H groups in total. The number of benzene rings is 1. The first-order valence-corrected chi connectivity index (χ1v) is 9.38. The first-order chi connectivity index (χ1) is 15.3. The average Bonchev–Trinajstić information content (AvgIpc) is 3.09. The van der Waals surface area contributed by atoms with E-state index >= 15 is 0 Å². The van der Waals surface area contributed by atoms with Crippen molar-refractivity contribution in [2.24, 2.45) is 0 Å². The highest BCUT2D eigenvalue weighted by atomic mass is 19.3. The van der Waals surface area contributed by atoms with Crippen LogP contribution in [0.3, 0.4) is 0 Å². The second-order valence-electron chi connectivity index (χ2n) is 6.86. The lowest BCUT2D eigenvalue weighted by Crippen LogP contribution is -2.22. The van der Waals surface area contributed by atoms with Gasteiger partial charge in [-0.25, -0.2) is 19.2 Å². The number of ether oxygens (including phenoxy) is 1. The van der Waals surface area contributed by atoms with E-state index in [9.17, 15) is 22.8 Å². The van der Waals surface area contributed by atoms with Crippen LogP contribution in [0.15, 0.2) is 56.9 Å². The summed E-state index contributed by atoms with van der Waals surface area (Å²) in [4.78, 5) is 33.0. The minimum atomic E-state index is -2.99. The fourth-order valence-electron chi connectivity index (χ4n) is 3.13. The number of fused-ring (bicyclic) bond motifs is 1. The van der Waals surface area contributed by atoms with Gasteiger partial charge >= 0.3 is 12.4 Å². The Kier molecular flexibility index (Phi) is 5.75. The van der Waals surface area contributed by atoms with Crippen LogP contribution in [0.1, 0.15) is 23.2 Å². The fraction of sp³-hybridized carbons (Fsp3) is 0.250. The molecule has 0 unspecified atom stereocenters. The van der Waals surface area contributed by atoms with Crippen molar-refractivity contribution in [1.29, 1.82) is 0 Å². The molecule has 4 aromatic rings. The van der Waals surface area contributed by atoms with Gasteiger partial charge in [-0.15, -0.1) is 5.10 Å². The number of hydrogen-bond acceptors (Lipinski definition) is 7. The molecule has 3 heterocycles. The predicted molar refractivity (Wildman–Crippen MR) is 105 cm³/mol. The van der Waals surface area contributed by atoms with E-state index in [0.29, 0.717) is 16.6 Å². The number of aryl methyl sites for hydroxylation is 1. The van der Waals surface area contributed by atoms with Crippen LogP contribution in [0.5, 0.6) is 5.75 Å². The number of aromatic nitrogens is 5. The molecule has 0 saturated heterocycles. The van der Waals surface area contributed by atoms with Crippen LogP contribution < -0.4 is 16.1 Å². The zero-order valence-corrected chi connectivity index (χ0v) is 16.6. The van der Waals surface area contributed by atoms with Crippen molar-refractivity contribution >= 4 is 11.0 Å². The number of pyridine rings is 1. The minimum Gasteiger partial charge on any atom is -0.435 e. The maximum atomic E-state index is 14.6. The molecule has 0 amide bonds. The van der Waals surface area contributed by atoms with Crippen LogP contribution in [-0.4, -0.2) is 30.9 Å². The number of alkyl halides is 3. The Morgan fingerprint density at radius 3 is 2.56 bits per heavy atom. The summed E-state index contributed by atoms with van der Waals surface area (Å²) in [5.74, 6) is -1.12. The van der Waals surface area contributed by atoms with Gasteiger partial charge in [-0.1, -0.05) is 12.1 Å². The van der Waals surface area contributed by atoms with E-state index in [2.05, 4.69) is 19.8 Å². The Morgan fingerprint density at radius 2 is 1.84 bits per heavy atom. The van der Waals surface area contributed by atoms with Crippen molar-refractivity contribution < 1.29 is 22.3 Å². The number of nitrogens with zero attached hydrogens (tertiary/aromatic N) is 5. The summed E-state index contributed by atoms with van der Waals surface area (Å²) in [6.07, 6.45) is 1.14. The Hall–Kier alpha value is -3.96. The highest BCUT2D eigenvalue weighted by molar-refractivity contribution is 5.76. The van der Waals surface area contributed by atoms with Crippen molar-refractivity contribution in [3.8, 4) is 5.75 Å². The van der Waals surface area contributed by atoms with Crippen molar-refractivity contribution in [3.05, 3.63) is 80.8 Å². The highest BCUT2D eigenvalue weighted by Crippen LogP contribution is 2.23. The van der Waals surface area contributed by atoms with Gasteiger partial charge in [-0.2, -0.15) is 13.5 Å². The second kappa shape index (κ2) is 8.65. The first kappa shape index (κ1) is 21.3. The Labute approximate surface area is 177 Å². The lowest BCUT2D eigenvalue weighted by Gasteiger charge is -2.09. The molecule has 0 aliphatic heterocycles. The molecule has 166 valence electrons. The summed E-state index contributed by atoms with van der Waals surface area (Å²) < 4.78 is 50.3. The molecule has 0 spiro atoms. The Balaban J connectivity index is 1.52. The van der Waals surface area contributed by atoms with Crippen molar-refractivity contribution in [2.75, 3.05) is 0 Å². The first-order valence-electron chi connectivity index (χ1n) is 9.38. The molecule has 3 aromatic heterocycles. The van der Waals surface area contributed by atoms with Crippen LogP contribution >= 0.6 is 0 Å². The largest absolute Gasteiger partial charge is 0.437 e. The van der Waals surface area contributed by atoms with Crippen molar-refractivity contribution in [2.45, 2.75) is 32.8 Å². The van der Waals surface area contributed by atoms with Gasteiger partial charge in [0, 0.05) is 6.20 Å². The van der Waals surface area contributed by atoms with E-state index in [1.54, 1.807) is 19.2 Å². The Morgan fingerprint density at radius 1 is 1.09 bits per heavy atom. The summed E-state index contributed by atoms with van der Waals surface area (Å²) in [6.45, 7) is -1.89. The molecular weight excluding hydrogens is 431 g/mol. The molecule has 4 rings (SSSR count). The van der Waals surface area contributed by atoms with Gasteiger partial charge in [0.1, 0.15) is 24.8 Å². The molecule has 0 aliphatic carbocycles. The fourth-order valence-corrected chi connectivity index (χ4v) is 3.13. The second-order valence-corrected chi connectivity index (χ2v) is 6.86. The SMILES string of the molecule is Cc1ccnc2ncn(Cc3nn(C[C@H](F)c4ccc(OC(F)F)cc4)c(=O)o3)c(=O)c12. The number of hydrogen-bond donors (Lipinski definition) is 0. The maximum Gasteiger partial charge on any atom is 0.437 e. The van der Waals surface area contributed by atoms with Gasteiger partial charge in [0.15, 0.2) is 5.65 Å². The van der Waals surface area contributed by atoms with Crippen LogP contribution in [0.2, 0.25) is 0 Å². The molecule has 9 nitrogen and oxygen atoms in total. The molecule has 0 aliphatic rings. The number of halogens is 3. The van der Waals surface area contributed by atoms with Gasteiger partial charge < -0.3 is 9.15 Å². The standard InChI is InChI=1S/C20H16F3N5O4/c1-11-6-7-24-17-16(11)18(29)27(10-25-17)9-15-26-28(20(30)32-15)8-14(21)12-2-4-13(5-3-12)31-19(22)23/h2-7,10,14,19H,8-9H2,1H3/t14-/m0/s1. The Bertz CT molecular complexity index is 1360. The van der Waals surface area contributed by atoms with Gasteiger partial charge in [0.2, 0.25) is 5.89 Å². The van der Waals surface area contributed by atoms with Crippen LogP contribution in [-0.2, 0) is 13.1 Å². The molecule has 0 bridgehead atoms.